The molecule has 0 saturated carbocycles. The minimum Gasteiger partial charge on any atom is -0.337 e. The summed E-state index contributed by atoms with van der Waals surface area (Å²) in [6, 6.07) is 8.87. The van der Waals surface area contributed by atoms with Gasteiger partial charge in [-0.25, -0.2) is 12.8 Å². The Bertz CT molecular complexity index is 1160. The van der Waals surface area contributed by atoms with Gasteiger partial charge in [0.2, 0.25) is 21.7 Å². The molecule has 0 N–H and O–H groups in total. The minimum atomic E-state index is -3.71. The van der Waals surface area contributed by atoms with Crippen LogP contribution in [-0.4, -0.2) is 29.4 Å². The van der Waals surface area contributed by atoms with Crippen molar-refractivity contribution in [3.05, 3.63) is 64.8 Å². The fraction of sp³-hybridized carbons (Fsp3) is 0.333. The highest BCUT2D eigenvalue weighted by Crippen LogP contribution is 2.37. The van der Waals surface area contributed by atoms with Crippen molar-refractivity contribution >= 4 is 10.0 Å². The molecule has 0 radical (unpaired) electrons. The fourth-order valence-corrected chi connectivity index (χ4v) is 5.64. The highest BCUT2D eigenvalue weighted by atomic mass is 32.2. The maximum absolute atomic E-state index is 13.4. The van der Waals surface area contributed by atoms with Crippen LogP contribution in [0.1, 0.15) is 41.5 Å². The molecule has 1 aliphatic rings. The van der Waals surface area contributed by atoms with E-state index in [1.54, 1.807) is 18.2 Å². The topological polar surface area (TPSA) is 76.3 Å². The lowest BCUT2D eigenvalue weighted by Crippen LogP contribution is -2.31. The van der Waals surface area contributed by atoms with Gasteiger partial charge >= 0.3 is 0 Å². The molecule has 1 unspecified atom stereocenters. The Kier molecular flexibility index (Phi) is 5.00. The van der Waals surface area contributed by atoms with Crippen LogP contribution in [0.5, 0.6) is 0 Å². The summed E-state index contributed by atoms with van der Waals surface area (Å²) in [5, 5.41) is 3.96. The molecule has 2 aromatic carbocycles. The second kappa shape index (κ2) is 7.35. The first-order chi connectivity index (χ1) is 13.8. The Morgan fingerprint density at radius 2 is 1.76 bits per heavy atom. The number of aromatic nitrogens is 2. The van der Waals surface area contributed by atoms with Crippen molar-refractivity contribution in [3.63, 3.8) is 0 Å². The maximum Gasteiger partial charge on any atom is 0.245 e. The molecule has 3 aromatic rings. The smallest absolute Gasteiger partial charge is 0.245 e. The molecule has 8 heteroatoms. The third-order valence-corrected chi connectivity index (χ3v) is 7.46. The quantitative estimate of drug-likeness (QED) is 0.634. The fourth-order valence-electron chi connectivity index (χ4n) is 3.70. The summed E-state index contributed by atoms with van der Waals surface area (Å²) in [6.45, 7) is 6.08. The summed E-state index contributed by atoms with van der Waals surface area (Å²) in [7, 11) is -3.71. The van der Waals surface area contributed by atoms with E-state index in [4.69, 9.17) is 4.52 Å². The molecule has 0 amide bonds. The zero-order valence-electron chi connectivity index (χ0n) is 16.5. The molecular formula is C21H22FN3O3S. The van der Waals surface area contributed by atoms with Crippen LogP contribution in [0, 0.1) is 26.6 Å². The van der Waals surface area contributed by atoms with Crippen LogP contribution < -0.4 is 0 Å². The second-order valence-electron chi connectivity index (χ2n) is 7.44. The average molecular weight is 415 g/mol. The number of rotatable bonds is 4. The summed E-state index contributed by atoms with van der Waals surface area (Å²) >= 11 is 0. The molecule has 0 aliphatic carbocycles. The largest absolute Gasteiger partial charge is 0.337 e. The molecule has 1 saturated heterocycles. The summed E-state index contributed by atoms with van der Waals surface area (Å²) in [5.41, 5.74) is 3.32. The number of hydrogen-bond donors (Lipinski definition) is 0. The van der Waals surface area contributed by atoms with Gasteiger partial charge in [-0.1, -0.05) is 11.2 Å². The highest BCUT2D eigenvalue weighted by Gasteiger charge is 2.40. The lowest BCUT2D eigenvalue weighted by atomic mass is 10.1. The Hall–Kier alpha value is -2.58. The van der Waals surface area contributed by atoms with Crippen LogP contribution in [-0.2, 0) is 10.0 Å². The van der Waals surface area contributed by atoms with E-state index >= 15 is 0 Å². The molecule has 152 valence electrons. The number of sulfonamides is 1. The number of hydrogen-bond acceptors (Lipinski definition) is 5. The monoisotopic (exact) mass is 415 g/mol. The van der Waals surface area contributed by atoms with Gasteiger partial charge in [-0.2, -0.15) is 9.29 Å². The van der Waals surface area contributed by atoms with E-state index < -0.39 is 16.1 Å². The zero-order chi connectivity index (χ0) is 20.8. The van der Waals surface area contributed by atoms with E-state index in [2.05, 4.69) is 10.1 Å². The number of benzene rings is 2. The van der Waals surface area contributed by atoms with Gasteiger partial charge in [-0.05, 0) is 80.6 Å². The Morgan fingerprint density at radius 3 is 2.48 bits per heavy atom. The molecule has 0 bridgehead atoms. The number of halogens is 1. The van der Waals surface area contributed by atoms with Crippen molar-refractivity contribution in [2.24, 2.45) is 0 Å². The van der Waals surface area contributed by atoms with Crippen LogP contribution in [0.3, 0.4) is 0 Å². The van der Waals surface area contributed by atoms with Gasteiger partial charge in [0.15, 0.2) is 0 Å². The van der Waals surface area contributed by atoms with E-state index in [0.717, 1.165) is 16.7 Å². The number of aryl methyl sites for hydroxylation is 3. The van der Waals surface area contributed by atoms with Crippen molar-refractivity contribution in [1.82, 2.24) is 14.4 Å². The Labute approximate surface area is 169 Å². The lowest BCUT2D eigenvalue weighted by Gasteiger charge is -2.23. The van der Waals surface area contributed by atoms with Crippen molar-refractivity contribution in [2.75, 3.05) is 6.54 Å². The molecular weight excluding hydrogens is 393 g/mol. The Balaban J connectivity index is 1.68. The van der Waals surface area contributed by atoms with Crippen molar-refractivity contribution in [3.8, 4) is 11.4 Å². The van der Waals surface area contributed by atoms with Crippen LogP contribution in [0.25, 0.3) is 11.4 Å². The number of nitrogens with zero attached hydrogens (tertiary/aromatic N) is 3. The third-order valence-electron chi connectivity index (χ3n) is 5.41. The van der Waals surface area contributed by atoms with E-state index in [1.807, 2.05) is 26.8 Å². The van der Waals surface area contributed by atoms with Gasteiger partial charge in [-0.3, -0.25) is 0 Å². The van der Waals surface area contributed by atoms with Crippen LogP contribution in [0.4, 0.5) is 4.39 Å². The van der Waals surface area contributed by atoms with Crippen molar-refractivity contribution in [1.29, 1.82) is 0 Å². The third kappa shape index (κ3) is 3.58. The second-order valence-corrected chi connectivity index (χ2v) is 9.30. The standard InChI is InChI=1S/C21H22FN3O3S/c1-13-11-15(3)19(12-14(13)2)29(26,27)25-10-4-5-18(25)21-23-20(24-28-21)16-6-8-17(22)9-7-16/h6-9,11-12,18H,4-5,10H2,1-3H3. The summed E-state index contributed by atoms with van der Waals surface area (Å²) < 4.78 is 46.8. The van der Waals surface area contributed by atoms with E-state index in [1.165, 1.54) is 16.4 Å². The molecule has 29 heavy (non-hydrogen) atoms. The zero-order valence-corrected chi connectivity index (χ0v) is 17.3. The van der Waals surface area contributed by atoms with E-state index in [9.17, 15) is 12.8 Å². The molecule has 1 aromatic heterocycles. The van der Waals surface area contributed by atoms with Gasteiger partial charge in [0.25, 0.3) is 0 Å². The van der Waals surface area contributed by atoms with Gasteiger partial charge in [0.1, 0.15) is 11.9 Å². The minimum absolute atomic E-state index is 0.256. The molecule has 0 spiro atoms. The molecule has 1 aliphatic heterocycles. The SMILES string of the molecule is Cc1cc(C)c(S(=O)(=O)N2CCCC2c2nc(-c3ccc(F)cc3)no2)cc1C. The van der Waals surface area contributed by atoms with Gasteiger partial charge in [-0.15, -0.1) is 0 Å². The molecule has 4 rings (SSSR count). The first-order valence-corrected chi connectivity index (χ1v) is 10.9. The van der Waals surface area contributed by atoms with Crippen LogP contribution in [0.2, 0.25) is 0 Å². The lowest BCUT2D eigenvalue weighted by molar-refractivity contribution is 0.290. The Morgan fingerprint density at radius 1 is 1.07 bits per heavy atom. The maximum atomic E-state index is 13.4. The molecule has 6 nitrogen and oxygen atoms in total. The molecule has 2 heterocycles. The predicted octanol–water partition coefficient (Wildman–Crippen LogP) is 4.33. The molecule has 1 fully saturated rings. The van der Waals surface area contributed by atoms with E-state index in [0.29, 0.717) is 35.7 Å². The normalized spacial score (nSPS) is 17.7. The highest BCUT2D eigenvalue weighted by molar-refractivity contribution is 7.89. The van der Waals surface area contributed by atoms with Crippen LogP contribution >= 0.6 is 0 Å². The summed E-state index contributed by atoms with van der Waals surface area (Å²) in [4.78, 5) is 4.71. The van der Waals surface area contributed by atoms with Crippen molar-refractivity contribution in [2.45, 2.75) is 44.6 Å². The first-order valence-electron chi connectivity index (χ1n) is 9.46. The van der Waals surface area contributed by atoms with Crippen molar-refractivity contribution < 1.29 is 17.3 Å². The van der Waals surface area contributed by atoms with Gasteiger partial charge in [0, 0.05) is 12.1 Å². The van der Waals surface area contributed by atoms with Gasteiger partial charge in [0.05, 0.1) is 4.90 Å². The summed E-state index contributed by atoms with van der Waals surface area (Å²) in [5.74, 6) is 0.216. The predicted molar refractivity (Wildman–Crippen MR) is 106 cm³/mol. The van der Waals surface area contributed by atoms with Gasteiger partial charge < -0.3 is 4.52 Å². The van der Waals surface area contributed by atoms with E-state index in [-0.39, 0.29) is 11.7 Å². The molecule has 1 atom stereocenters. The average Bonchev–Trinajstić information content (AvgIpc) is 3.34. The first kappa shape index (κ1) is 19.7. The summed E-state index contributed by atoms with van der Waals surface area (Å²) in [6.07, 6.45) is 1.32. The van der Waals surface area contributed by atoms with Crippen LogP contribution in [0.15, 0.2) is 45.8 Å².